The minimum atomic E-state index is -3.89. The van der Waals surface area contributed by atoms with Gasteiger partial charge in [0.15, 0.2) is 13.1 Å². The van der Waals surface area contributed by atoms with Crippen molar-refractivity contribution in [3.05, 3.63) is 94.0 Å². The molecule has 35 heavy (non-hydrogen) atoms. The summed E-state index contributed by atoms with van der Waals surface area (Å²) < 4.78 is 34.1. The highest BCUT2D eigenvalue weighted by Gasteiger charge is 2.21. The van der Waals surface area contributed by atoms with E-state index < -0.39 is 13.9 Å². The number of ether oxygens (including phenoxy) is 3. The largest absolute Gasteiger partial charge is 0.481 e. The van der Waals surface area contributed by atoms with Gasteiger partial charge in [0.1, 0.15) is 11.5 Å². The van der Waals surface area contributed by atoms with Gasteiger partial charge in [-0.2, -0.15) is 0 Å². The van der Waals surface area contributed by atoms with E-state index in [1.807, 2.05) is 62.4 Å². The minimum Gasteiger partial charge on any atom is -0.481 e. The standard InChI is InChI=1S/C28H35O6P/c1-20(2)26-15-24(11-12-28(26)32-18-31-5)16-27-21(3)13-25(14-22(27)4)33-19-35(29,30)34-17-23-9-7-6-8-10-23/h6-15,20H,16-19H2,1-5H3,(H,29,30). The van der Waals surface area contributed by atoms with Crippen LogP contribution in [0.2, 0.25) is 0 Å². The molecular formula is C28H35O6P. The first-order valence-corrected chi connectivity index (χ1v) is 13.4. The maximum atomic E-state index is 12.4. The lowest BCUT2D eigenvalue weighted by atomic mass is 9.93. The zero-order valence-electron chi connectivity index (χ0n) is 21.1. The molecule has 1 N–H and O–H groups in total. The van der Waals surface area contributed by atoms with Gasteiger partial charge in [-0.15, -0.1) is 0 Å². The van der Waals surface area contributed by atoms with Gasteiger partial charge >= 0.3 is 7.60 Å². The van der Waals surface area contributed by atoms with E-state index in [-0.39, 0.29) is 13.4 Å². The Hall–Kier alpha value is -2.63. The van der Waals surface area contributed by atoms with Gasteiger partial charge in [0.25, 0.3) is 0 Å². The van der Waals surface area contributed by atoms with Crippen LogP contribution in [0.3, 0.4) is 0 Å². The molecule has 7 heteroatoms. The summed E-state index contributed by atoms with van der Waals surface area (Å²) in [5.41, 5.74) is 6.48. The summed E-state index contributed by atoms with van der Waals surface area (Å²) >= 11 is 0. The summed E-state index contributed by atoms with van der Waals surface area (Å²) in [7, 11) is -2.28. The van der Waals surface area contributed by atoms with Crippen LogP contribution in [-0.2, 0) is 26.9 Å². The Bertz CT molecular complexity index is 1140. The topological polar surface area (TPSA) is 74.2 Å². The van der Waals surface area contributed by atoms with Gasteiger partial charge in [0, 0.05) is 7.11 Å². The molecule has 0 aliphatic heterocycles. The van der Waals surface area contributed by atoms with Crippen LogP contribution < -0.4 is 9.47 Å². The summed E-state index contributed by atoms with van der Waals surface area (Å²) in [6.07, 6.45) is 0.361. The second-order valence-corrected chi connectivity index (χ2v) is 10.8. The van der Waals surface area contributed by atoms with E-state index in [4.69, 9.17) is 18.7 Å². The second-order valence-electron chi connectivity index (χ2n) is 8.96. The third-order valence-electron chi connectivity index (χ3n) is 5.75. The van der Waals surface area contributed by atoms with E-state index in [1.165, 1.54) is 11.1 Å². The molecule has 0 saturated carbocycles. The van der Waals surface area contributed by atoms with Crippen LogP contribution in [0.1, 0.15) is 53.1 Å². The van der Waals surface area contributed by atoms with Crippen molar-refractivity contribution in [2.24, 2.45) is 0 Å². The molecule has 1 unspecified atom stereocenters. The Morgan fingerprint density at radius 1 is 0.914 bits per heavy atom. The molecule has 0 bridgehead atoms. The SMILES string of the molecule is COCOc1ccc(Cc2c(C)cc(OCP(=O)(O)OCc3ccccc3)cc2C)cc1C(C)C. The molecule has 0 spiro atoms. The molecule has 0 aliphatic rings. The summed E-state index contributed by atoms with van der Waals surface area (Å²) in [5, 5.41) is 0. The molecule has 0 aliphatic carbocycles. The van der Waals surface area contributed by atoms with Crippen molar-refractivity contribution < 1.29 is 28.2 Å². The quantitative estimate of drug-likeness (QED) is 0.220. The zero-order valence-corrected chi connectivity index (χ0v) is 22.0. The first kappa shape index (κ1) is 27.0. The predicted octanol–water partition coefficient (Wildman–Crippen LogP) is 6.74. The molecule has 3 aromatic rings. The maximum absolute atomic E-state index is 12.4. The fourth-order valence-corrected chi connectivity index (χ4v) is 4.61. The summed E-state index contributed by atoms with van der Waals surface area (Å²) in [6, 6.07) is 19.4. The van der Waals surface area contributed by atoms with Crippen molar-refractivity contribution in [3.63, 3.8) is 0 Å². The predicted molar refractivity (Wildman–Crippen MR) is 138 cm³/mol. The van der Waals surface area contributed by atoms with Crippen molar-refractivity contribution in [2.75, 3.05) is 20.3 Å². The van der Waals surface area contributed by atoms with Gasteiger partial charge in [-0.3, -0.25) is 4.57 Å². The minimum absolute atomic E-state index is 0.0582. The monoisotopic (exact) mass is 498 g/mol. The smallest absolute Gasteiger partial charge is 0.365 e. The molecule has 0 radical (unpaired) electrons. The highest BCUT2D eigenvalue weighted by atomic mass is 31.2. The third kappa shape index (κ3) is 7.94. The number of rotatable bonds is 12. The lowest BCUT2D eigenvalue weighted by Crippen LogP contribution is -2.05. The fraction of sp³-hybridized carbons (Fsp3) is 0.357. The van der Waals surface area contributed by atoms with Gasteiger partial charge < -0.3 is 23.6 Å². The maximum Gasteiger partial charge on any atom is 0.365 e. The van der Waals surface area contributed by atoms with E-state index in [0.717, 1.165) is 34.4 Å². The Balaban J connectivity index is 1.67. The van der Waals surface area contributed by atoms with Crippen LogP contribution in [0, 0.1) is 13.8 Å². The van der Waals surface area contributed by atoms with Gasteiger partial charge in [-0.05, 0) is 77.8 Å². The summed E-state index contributed by atoms with van der Waals surface area (Å²) in [4.78, 5) is 10.2. The molecule has 0 saturated heterocycles. The molecule has 0 fully saturated rings. The van der Waals surface area contributed by atoms with Crippen LogP contribution in [-0.4, -0.2) is 25.1 Å². The number of methoxy groups -OCH3 is 1. The van der Waals surface area contributed by atoms with E-state index in [9.17, 15) is 9.46 Å². The average Bonchev–Trinajstić information content (AvgIpc) is 2.83. The first-order chi connectivity index (χ1) is 16.7. The highest BCUT2D eigenvalue weighted by molar-refractivity contribution is 7.52. The molecule has 3 aromatic carbocycles. The van der Waals surface area contributed by atoms with Crippen LogP contribution >= 0.6 is 7.60 Å². The second kappa shape index (κ2) is 12.4. The molecule has 0 amide bonds. The molecule has 6 nitrogen and oxygen atoms in total. The Labute approximate surface area is 208 Å². The van der Waals surface area contributed by atoms with Crippen LogP contribution in [0.5, 0.6) is 11.5 Å². The highest BCUT2D eigenvalue weighted by Crippen LogP contribution is 2.43. The van der Waals surface area contributed by atoms with Gasteiger partial charge in [0.2, 0.25) is 0 Å². The van der Waals surface area contributed by atoms with Crippen LogP contribution in [0.15, 0.2) is 60.7 Å². The molecule has 0 aromatic heterocycles. The summed E-state index contributed by atoms with van der Waals surface area (Å²) in [5.74, 6) is 1.70. The van der Waals surface area contributed by atoms with E-state index in [1.54, 1.807) is 7.11 Å². The molecule has 188 valence electrons. The lowest BCUT2D eigenvalue weighted by molar-refractivity contribution is 0.0502. The molecular weight excluding hydrogens is 463 g/mol. The van der Waals surface area contributed by atoms with Crippen LogP contribution in [0.25, 0.3) is 0 Å². The average molecular weight is 499 g/mol. The molecule has 1 atom stereocenters. The van der Waals surface area contributed by atoms with Crippen LogP contribution in [0.4, 0.5) is 0 Å². The summed E-state index contributed by atoms with van der Waals surface area (Å²) in [6.45, 7) is 8.62. The number of hydrogen-bond acceptors (Lipinski definition) is 5. The third-order valence-corrected chi connectivity index (χ3v) is 6.74. The molecule has 3 rings (SSSR count). The fourth-order valence-electron chi connectivity index (χ4n) is 3.88. The van der Waals surface area contributed by atoms with Crippen molar-refractivity contribution in [1.82, 2.24) is 0 Å². The Morgan fingerprint density at radius 2 is 1.60 bits per heavy atom. The van der Waals surface area contributed by atoms with E-state index in [2.05, 4.69) is 26.0 Å². The zero-order chi connectivity index (χ0) is 25.4. The van der Waals surface area contributed by atoms with Gasteiger partial charge in [-0.1, -0.05) is 56.3 Å². The number of hydrogen-bond donors (Lipinski definition) is 1. The van der Waals surface area contributed by atoms with Crippen molar-refractivity contribution in [1.29, 1.82) is 0 Å². The number of aryl methyl sites for hydroxylation is 2. The Kier molecular flexibility index (Phi) is 9.53. The Morgan fingerprint density at radius 3 is 2.23 bits per heavy atom. The normalized spacial score (nSPS) is 13.0. The van der Waals surface area contributed by atoms with E-state index >= 15 is 0 Å². The van der Waals surface area contributed by atoms with Gasteiger partial charge in [0.05, 0.1) is 6.61 Å². The van der Waals surface area contributed by atoms with Crippen molar-refractivity contribution in [3.8, 4) is 11.5 Å². The molecule has 0 heterocycles. The first-order valence-electron chi connectivity index (χ1n) is 11.7. The van der Waals surface area contributed by atoms with Crippen molar-refractivity contribution >= 4 is 7.60 Å². The number of benzene rings is 3. The van der Waals surface area contributed by atoms with Crippen molar-refractivity contribution in [2.45, 2.75) is 46.6 Å². The van der Waals surface area contributed by atoms with Gasteiger partial charge in [-0.25, -0.2) is 0 Å². The lowest BCUT2D eigenvalue weighted by Gasteiger charge is -2.18. The van der Waals surface area contributed by atoms with E-state index in [0.29, 0.717) is 11.7 Å².